The lowest BCUT2D eigenvalue weighted by atomic mass is 10.4. The molecular formula is C15H20O7S. The first-order valence-corrected chi connectivity index (χ1v) is 8.36. The number of carbonyl (C=O) groups excluding carboxylic acids is 1. The van der Waals surface area contributed by atoms with Gasteiger partial charge in [0, 0.05) is 6.08 Å². The lowest BCUT2D eigenvalue weighted by Gasteiger charge is -2.07. The minimum atomic E-state index is -3.74. The lowest BCUT2D eigenvalue weighted by Crippen LogP contribution is -2.14. The van der Waals surface area contributed by atoms with Crippen LogP contribution in [0.25, 0.3) is 0 Å². The number of benzene rings is 1. The summed E-state index contributed by atoms with van der Waals surface area (Å²) in [5.74, 6) is -0.498. The first-order valence-electron chi connectivity index (χ1n) is 6.95. The highest BCUT2D eigenvalue weighted by Crippen LogP contribution is 2.10. The van der Waals surface area contributed by atoms with Crippen LogP contribution in [0.3, 0.4) is 0 Å². The predicted molar refractivity (Wildman–Crippen MR) is 82.4 cm³/mol. The minimum Gasteiger partial charge on any atom is -0.460 e. The molecule has 0 radical (unpaired) electrons. The highest BCUT2D eigenvalue weighted by molar-refractivity contribution is 7.86. The van der Waals surface area contributed by atoms with Crippen molar-refractivity contribution in [1.82, 2.24) is 0 Å². The van der Waals surface area contributed by atoms with Crippen LogP contribution in [0.4, 0.5) is 0 Å². The number of carbonyl (C=O) groups is 1. The minimum absolute atomic E-state index is 0.0752. The Kier molecular flexibility index (Phi) is 9.15. The van der Waals surface area contributed by atoms with Crippen molar-refractivity contribution in [3.05, 3.63) is 43.0 Å². The van der Waals surface area contributed by atoms with Crippen molar-refractivity contribution in [2.24, 2.45) is 0 Å². The lowest BCUT2D eigenvalue weighted by molar-refractivity contribution is -0.139. The molecule has 0 aliphatic rings. The van der Waals surface area contributed by atoms with Gasteiger partial charge in [-0.2, -0.15) is 8.42 Å². The van der Waals surface area contributed by atoms with E-state index in [1.807, 2.05) is 0 Å². The smallest absolute Gasteiger partial charge is 0.330 e. The van der Waals surface area contributed by atoms with Crippen LogP contribution in [-0.4, -0.2) is 54.0 Å². The SMILES string of the molecule is C=CC(=O)OCCOCCOCCOS(=O)(=O)c1ccccc1. The second-order valence-electron chi connectivity index (χ2n) is 4.19. The van der Waals surface area contributed by atoms with Gasteiger partial charge in [-0.1, -0.05) is 24.8 Å². The fraction of sp³-hybridized carbons (Fsp3) is 0.400. The number of hydrogen-bond acceptors (Lipinski definition) is 7. The molecule has 0 heterocycles. The van der Waals surface area contributed by atoms with Crippen LogP contribution in [-0.2, 0) is 33.3 Å². The van der Waals surface area contributed by atoms with Gasteiger partial charge in [0.15, 0.2) is 0 Å². The predicted octanol–water partition coefficient (Wildman–Crippen LogP) is 1.15. The molecule has 8 heteroatoms. The Balaban J connectivity index is 2.01. The monoisotopic (exact) mass is 344 g/mol. The Morgan fingerprint density at radius 1 is 0.957 bits per heavy atom. The van der Waals surface area contributed by atoms with Gasteiger partial charge in [0.2, 0.25) is 0 Å². The summed E-state index contributed by atoms with van der Waals surface area (Å²) in [6.07, 6.45) is 1.08. The zero-order valence-electron chi connectivity index (χ0n) is 12.7. The van der Waals surface area contributed by atoms with Crippen molar-refractivity contribution in [3.63, 3.8) is 0 Å². The summed E-state index contributed by atoms with van der Waals surface area (Å²) in [7, 11) is -3.74. The van der Waals surface area contributed by atoms with Gasteiger partial charge in [-0.15, -0.1) is 0 Å². The van der Waals surface area contributed by atoms with E-state index in [2.05, 4.69) is 6.58 Å². The maximum absolute atomic E-state index is 11.8. The maximum Gasteiger partial charge on any atom is 0.330 e. The Morgan fingerprint density at radius 2 is 1.52 bits per heavy atom. The van der Waals surface area contributed by atoms with Gasteiger partial charge in [-0.25, -0.2) is 4.79 Å². The second-order valence-corrected chi connectivity index (χ2v) is 5.80. The summed E-state index contributed by atoms with van der Waals surface area (Å²) in [6.45, 7) is 4.29. The molecule has 0 atom stereocenters. The molecule has 1 rings (SSSR count). The molecule has 0 spiro atoms. The molecule has 128 valence electrons. The van der Waals surface area contributed by atoms with E-state index in [0.29, 0.717) is 6.61 Å². The number of rotatable bonds is 12. The van der Waals surface area contributed by atoms with E-state index in [4.69, 9.17) is 18.4 Å². The Hall–Kier alpha value is -1.74. The van der Waals surface area contributed by atoms with Crippen molar-refractivity contribution in [2.45, 2.75) is 4.90 Å². The average molecular weight is 344 g/mol. The van der Waals surface area contributed by atoms with Crippen molar-refractivity contribution in [3.8, 4) is 0 Å². The van der Waals surface area contributed by atoms with E-state index in [1.54, 1.807) is 18.2 Å². The van der Waals surface area contributed by atoms with E-state index in [9.17, 15) is 13.2 Å². The Labute approximate surface area is 135 Å². The molecular weight excluding hydrogens is 324 g/mol. The number of hydrogen-bond donors (Lipinski definition) is 0. The topological polar surface area (TPSA) is 88.1 Å². The molecule has 0 fully saturated rings. The molecule has 0 aromatic heterocycles. The third kappa shape index (κ3) is 8.46. The molecule has 0 saturated carbocycles. The highest BCUT2D eigenvalue weighted by atomic mass is 32.2. The van der Waals surface area contributed by atoms with Crippen molar-refractivity contribution in [2.75, 3.05) is 39.6 Å². The van der Waals surface area contributed by atoms with E-state index >= 15 is 0 Å². The molecule has 0 N–H and O–H groups in total. The van der Waals surface area contributed by atoms with Crippen LogP contribution in [0.5, 0.6) is 0 Å². The summed E-state index contributed by atoms with van der Waals surface area (Å²) in [6, 6.07) is 7.89. The summed E-state index contributed by atoms with van der Waals surface area (Å²) in [4.78, 5) is 10.8. The quantitative estimate of drug-likeness (QED) is 0.243. The van der Waals surface area contributed by atoms with E-state index in [1.165, 1.54) is 12.1 Å². The molecule has 1 aromatic carbocycles. The zero-order chi connectivity index (χ0) is 17.0. The van der Waals surface area contributed by atoms with Gasteiger partial charge in [-0.3, -0.25) is 4.18 Å². The van der Waals surface area contributed by atoms with Crippen LogP contribution in [0.2, 0.25) is 0 Å². The highest BCUT2D eigenvalue weighted by Gasteiger charge is 2.13. The average Bonchev–Trinajstić information content (AvgIpc) is 2.57. The van der Waals surface area contributed by atoms with Gasteiger partial charge in [0.1, 0.15) is 6.61 Å². The zero-order valence-corrected chi connectivity index (χ0v) is 13.5. The van der Waals surface area contributed by atoms with Gasteiger partial charge in [0.25, 0.3) is 10.1 Å². The van der Waals surface area contributed by atoms with Crippen molar-refractivity contribution < 1.29 is 31.6 Å². The van der Waals surface area contributed by atoms with Crippen LogP contribution in [0.1, 0.15) is 0 Å². The first kappa shape index (κ1) is 19.3. The standard InChI is InChI=1S/C15H20O7S/c1-2-15(16)21-12-10-19-8-9-20-11-13-22-23(17,18)14-6-4-3-5-7-14/h2-7H,1,8-13H2. The molecule has 0 amide bonds. The second kappa shape index (κ2) is 10.9. The fourth-order valence-corrected chi connectivity index (χ4v) is 2.35. The van der Waals surface area contributed by atoms with Crippen LogP contribution in [0.15, 0.2) is 47.9 Å². The molecule has 7 nitrogen and oxygen atoms in total. The molecule has 0 bridgehead atoms. The van der Waals surface area contributed by atoms with E-state index in [-0.39, 0.29) is 37.9 Å². The maximum atomic E-state index is 11.8. The molecule has 23 heavy (non-hydrogen) atoms. The Morgan fingerprint density at radius 3 is 2.13 bits per heavy atom. The fourth-order valence-electron chi connectivity index (χ4n) is 1.44. The van der Waals surface area contributed by atoms with Crippen LogP contribution >= 0.6 is 0 Å². The van der Waals surface area contributed by atoms with Gasteiger partial charge in [-0.05, 0) is 12.1 Å². The summed E-state index contributed by atoms with van der Waals surface area (Å²) in [5.41, 5.74) is 0. The summed E-state index contributed by atoms with van der Waals surface area (Å²) < 4.78 is 43.4. The molecule has 0 unspecified atom stereocenters. The molecule has 0 aliphatic carbocycles. The largest absolute Gasteiger partial charge is 0.460 e. The van der Waals surface area contributed by atoms with Crippen LogP contribution < -0.4 is 0 Å². The number of esters is 1. The molecule has 1 aromatic rings. The Bertz CT molecular complexity index is 569. The normalized spacial score (nSPS) is 11.1. The third-order valence-corrected chi connectivity index (χ3v) is 3.84. The van der Waals surface area contributed by atoms with Crippen molar-refractivity contribution >= 4 is 16.1 Å². The van der Waals surface area contributed by atoms with E-state index in [0.717, 1.165) is 6.08 Å². The first-order chi connectivity index (χ1) is 11.1. The molecule has 0 saturated heterocycles. The van der Waals surface area contributed by atoms with Gasteiger partial charge in [0.05, 0.1) is 37.9 Å². The van der Waals surface area contributed by atoms with Gasteiger partial charge < -0.3 is 14.2 Å². The van der Waals surface area contributed by atoms with Crippen molar-refractivity contribution in [1.29, 1.82) is 0 Å². The third-order valence-electron chi connectivity index (χ3n) is 2.51. The summed E-state index contributed by atoms with van der Waals surface area (Å²) in [5, 5.41) is 0. The molecule has 0 aliphatic heterocycles. The van der Waals surface area contributed by atoms with Crippen LogP contribution in [0, 0.1) is 0 Å². The summed E-state index contributed by atoms with van der Waals surface area (Å²) >= 11 is 0. The number of ether oxygens (including phenoxy) is 3. The van der Waals surface area contributed by atoms with Gasteiger partial charge >= 0.3 is 5.97 Å². The van der Waals surface area contributed by atoms with E-state index < -0.39 is 16.1 Å².